The van der Waals surface area contributed by atoms with Crippen LogP contribution in [0.3, 0.4) is 0 Å². The first kappa shape index (κ1) is 17.6. The molecule has 0 atom stereocenters. The smallest absolute Gasteiger partial charge is 0.186 e. The maximum absolute atomic E-state index is 11.2. The van der Waals surface area contributed by atoms with E-state index in [9.17, 15) is 42.9 Å². The maximum atomic E-state index is 11.2. The van der Waals surface area contributed by atoms with E-state index in [0.717, 1.165) is 0 Å². The van der Waals surface area contributed by atoms with E-state index in [0.29, 0.717) is 0 Å². The Labute approximate surface area is 81.3 Å². The van der Waals surface area contributed by atoms with Crippen LogP contribution in [0.25, 0.3) is 0 Å². The lowest BCUT2D eigenvalue weighted by Crippen LogP contribution is -2.49. The lowest BCUT2D eigenvalue weighted by molar-refractivity contribution is -0.389. The molecule has 0 radical (unpaired) electrons. The topological polar surface area (TPSA) is 34.1 Å². The molecule has 0 aliphatic rings. The molecular formula is C3F10O2S. The van der Waals surface area contributed by atoms with Crippen molar-refractivity contribution >= 4 is 10.6 Å². The van der Waals surface area contributed by atoms with Crippen LogP contribution in [0.15, 0.2) is 0 Å². The van der Waals surface area contributed by atoms with Crippen LogP contribution in [-0.2, 0) is 10.6 Å². The number of hydrogen-bond donors (Lipinski definition) is 0. The van der Waals surface area contributed by atoms with Gasteiger partial charge < -0.3 is 0 Å². The summed E-state index contributed by atoms with van der Waals surface area (Å²) in [5.74, 6) is -6.62. The Morgan fingerprint density at radius 3 is 0.750 bits per heavy atom. The van der Waals surface area contributed by atoms with Crippen molar-refractivity contribution in [2.45, 2.75) is 18.3 Å². The normalized spacial score (nSPS) is 14.1. The van der Waals surface area contributed by atoms with Gasteiger partial charge in [-0.3, -0.25) is 0 Å². The Bertz CT molecular complexity index is 284. The van der Waals surface area contributed by atoms with Crippen molar-refractivity contribution in [1.82, 2.24) is 0 Å². The average Bonchev–Trinajstić information content (AvgIpc) is 1.76. The van der Waals surface area contributed by atoms with E-state index in [-0.39, 0.29) is 0 Å². The van der Waals surface area contributed by atoms with Gasteiger partial charge in [0.2, 0.25) is 0 Å². The fourth-order valence-electron chi connectivity index (χ4n) is 0.161. The Balaban J connectivity index is 0. The first-order valence-electron chi connectivity index (χ1n) is 2.65. The average molecular weight is 290 g/mol. The van der Waals surface area contributed by atoms with Gasteiger partial charge in [0.1, 0.15) is 0 Å². The van der Waals surface area contributed by atoms with Crippen LogP contribution < -0.4 is 0 Å². The maximum Gasteiger partial charge on any atom is 0.476 e. The van der Waals surface area contributed by atoms with E-state index in [1.807, 2.05) is 0 Å². The summed E-state index contributed by atoms with van der Waals surface area (Å²) in [6.07, 6.45) is -13.2. The number of halogens is 10. The van der Waals surface area contributed by atoms with E-state index in [1.54, 1.807) is 0 Å². The second-order valence-electron chi connectivity index (χ2n) is 1.95. The highest BCUT2D eigenvalue weighted by Gasteiger charge is 2.74. The van der Waals surface area contributed by atoms with Crippen LogP contribution in [0, 0.1) is 0 Å². The number of alkyl halides is 8. The molecule has 0 saturated heterocycles. The molecule has 13 heteroatoms. The molecule has 0 aliphatic carbocycles. The van der Waals surface area contributed by atoms with E-state index >= 15 is 0 Å². The minimum Gasteiger partial charge on any atom is -0.186 e. The third-order valence-electron chi connectivity index (χ3n) is 0.712. The monoisotopic (exact) mass is 290 g/mol. The third-order valence-corrected chi connectivity index (χ3v) is 0.712. The van der Waals surface area contributed by atoms with Crippen molar-refractivity contribution in [3.63, 3.8) is 0 Å². The second-order valence-corrected chi connectivity index (χ2v) is 2.70. The molecule has 0 aromatic rings. The first-order valence-corrected chi connectivity index (χ1v) is 3.94. The molecule has 0 bridgehead atoms. The van der Waals surface area contributed by atoms with Gasteiger partial charge in [0.05, 0.1) is 0 Å². The van der Waals surface area contributed by atoms with E-state index < -0.39 is 28.9 Å². The summed E-state index contributed by atoms with van der Waals surface area (Å²) >= 11 is 0. The van der Waals surface area contributed by atoms with Gasteiger partial charge in [0.15, 0.2) is 0 Å². The van der Waals surface area contributed by atoms with Gasteiger partial charge in [-0.1, -0.05) is 7.77 Å². The summed E-state index contributed by atoms with van der Waals surface area (Å²) in [5.41, 5.74) is 0. The Morgan fingerprint density at radius 2 is 0.750 bits per heavy atom. The number of hydrogen-bond acceptors (Lipinski definition) is 2. The Morgan fingerprint density at radius 1 is 0.625 bits per heavy atom. The van der Waals surface area contributed by atoms with Crippen molar-refractivity contribution < 1.29 is 51.3 Å². The van der Waals surface area contributed by atoms with Gasteiger partial charge in [-0.2, -0.15) is 43.5 Å². The Hall–Kier alpha value is -0.750. The molecule has 0 aromatic heterocycles. The standard InChI is InChI=1S/C3F8.F2O2S/c4-1(5,2(6,7)8)3(9,10)11;1-5(2,3)4. The molecule has 0 unspecified atom stereocenters. The van der Waals surface area contributed by atoms with Crippen molar-refractivity contribution in [1.29, 1.82) is 0 Å². The third kappa shape index (κ3) is 6.68. The minimum absolute atomic E-state index is 5.67. The molecule has 100 valence electrons. The lowest BCUT2D eigenvalue weighted by atomic mass is 10.3. The molecule has 0 heterocycles. The summed E-state index contributed by atoms with van der Waals surface area (Å²) in [7, 11) is -5.67. The van der Waals surface area contributed by atoms with Gasteiger partial charge in [-0.15, -0.1) is 0 Å². The Kier molecular flexibility index (Phi) is 5.10. The van der Waals surface area contributed by atoms with Gasteiger partial charge >= 0.3 is 28.9 Å². The minimum atomic E-state index is -6.62. The SMILES string of the molecule is FC(F)(F)C(F)(F)C(F)(F)F.O=S(=O)(F)F. The zero-order valence-electron chi connectivity index (χ0n) is 6.50. The van der Waals surface area contributed by atoms with E-state index in [1.165, 1.54) is 0 Å². The van der Waals surface area contributed by atoms with Crippen molar-refractivity contribution in [2.75, 3.05) is 0 Å². The van der Waals surface area contributed by atoms with Crippen LogP contribution in [0.2, 0.25) is 0 Å². The molecular weight excluding hydrogens is 290 g/mol. The predicted molar refractivity (Wildman–Crippen MR) is 28.2 cm³/mol. The highest BCUT2D eigenvalue weighted by atomic mass is 32.3. The van der Waals surface area contributed by atoms with Crippen molar-refractivity contribution in [3.05, 3.63) is 0 Å². The summed E-state index contributed by atoms with van der Waals surface area (Å²) in [6, 6.07) is 0. The van der Waals surface area contributed by atoms with Gasteiger partial charge in [0.25, 0.3) is 0 Å². The molecule has 0 aromatic carbocycles. The largest absolute Gasteiger partial charge is 0.476 e. The molecule has 0 rings (SSSR count). The molecule has 2 nitrogen and oxygen atoms in total. The lowest BCUT2D eigenvalue weighted by Gasteiger charge is -2.21. The fraction of sp³-hybridized carbons (Fsp3) is 1.00. The van der Waals surface area contributed by atoms with Gasteiger partial charge in [0, 0.05) is 0 Å². The zero-order chi connectivity index (χ0) is 14.0. The van der Waals surface area contributed by atoms with Crippen LogP contribution in [0.4, 0.5) is 42.9 Å². The summed E-state index contributed by atoms with van der Waals surface area (Å²) in [5, 5.41) is 0. The van der Waals surface area contributed by atoms with Crippen LogP contribution in [-0.4, -0.2) is 26.7 Å². The summed E-state index contributed by atoms with van der Waals surface area (Å²) < 4.78 is 124. The van der Waals surface area contributed by atoms with Crippen LogP contribution in [0.1, 0.15) is 0 Å². The fourth-order valence-corrected chi connectivity index (χ4v) is 0.161. The zero-order valence-corrected chi connectivity index (χ0v) is 7.32. The molecule has 0 saturated carbocycles. The molecule has 16 heavy (non-hydrogen) atoms. The molecule has 0 fully saturated rings. The number of rotatable bonds is 0. The van der Waals surface area contributed by atoms with E-state index in [4.69, 9.17) is 8.42 Å². The molecule has 0 spiro atoms. The predicted octanol–water partition coefficient (Wildman–Crippen LogP) is 2.92. The van der Waals surface area contributed by atoms with Gasteiger partial charge in [-0.25, -0.2) is 0 Å². The summed E-state index contributed by atoms with van der Waals surface area (Å²) in [4.78, 5) is 0. The molecule has 0 aliphatic heterocycles. The molecule has 0 N–H and O–H groups in total. The van der Waals surface area contributed by atoms with Gasteiger partial charge in [-0.05, 0) is 0 Å². The van der Waals surface area contributed by atoms with Crippen molar-refractivity contribution in [2.24, 2.45) is 0 Å². The highest BCUT2D eigenvalue weighted by Crippen LogP contribution is 2.46. The van der Waals surface area contributed by atoms with E-state index in [2.05, 4.69) is 0 Å². The molecule has 0 amide bonds. The highest BCUT2D eigenvalue weighted by molar-refractivity contribution is 7.81. The quantitative estimate of drug-likeness (QED) is 0.508. The second kappa shape index (κ2) is 4.63. The first-order chi connectivity index (χ1) is 6.50. The van der Waals surface area contributed by atoms with Crippen LogP contribution in [0.5, 0.6) is 0 Å². The van der Waals surface area contributed by atoms with Crippen molar-refractivity contribution in [3.8, 4) is 0 Å². The van der Waals surface area contributed by atoms with Crippen LogP contribution >= 0.6 is 0 Å². The summed E-state index contributed by atoms with van der Waals surface area (Å²) in [6.45, 7) is 0.